The molecule has 1 aromatic rings. The molecular weight excluding hydrogens is 256 g/mol. The van der Waals surface area contributed by atoms with Crippen LogP contribution >= 0.6 is 0 Å². The van der Waals surface area contributed by atoms with Crippen LogP contribution in [-0.4, -0.2) is 24.4 Å². The number of furan rings is 1. The zero-order valence-corrected chi connectivity index (χ0v) is 11.7. The molecular formula is C15H22N2O3. The van der Waals surface area contributed by atoms with Crippen LogP contribution in [0.25, 0.3) is 0 Å². The standard InChI is InChI=1S/C15H22N2O3/c18-14(10-16-15(19)12-8-9-20-11-12)17-13-6-4-2-1-3-5-7-13/h8-9,11,13H,1-7,10H2,(H,16,19)(H,17,18). The Kier molecular flexibility index (Phi) is 5.65. The zero-order chi connectivity index (χ0) is 14.2. The van der Waals surface area contributed by atoms with Gasteiger partial charge in [-0.15, -0.1) is 0 Å². The van der Waals surface area contributed by atoms with Crippen LogP contribution in [0, 0.1) is 0 Å². The molecule has 1 aliphatic rings. The van der Waals surface area contributed by atoms with Crippen LogP contribution in [0.4, 0.5) is 0 Å². The predicted octanol–water partition coefficient (Wildman–Crippen LogP) is 2.24. The van der Waals surface area contributed by atoms with Crippen LogP contribution in [0.5, 0.6) is 0 Å². The maximum atomic E-state index is 11.8. The number of hydrogen-bond donors (Lipinski definition) is 2. The van der Waals surface area contributed by atoms with Crippen molar-refractivity contribution in [3.63, 3.8) is 0 Å². The minimum absolute atomic E-state index is 0.0144. The summed E-state index contributed by atoms with van der Waals surface area (Å²) >= 11 is 0. The molecule has 20 heavy (non-hydrogen) atoms. The van der Waals surface area contributed by atoms with E-state index in [4.69, 9.17) is 4.42 Å². The van der Waals surface area contributed by atoms with E-state index >= 15 is 0 Å². The number of nitrogens with one attached hydrogen (secondary N) is 2. The van der Waals surface area contributed by atoms with Gasteiger partial charge in [-0.2, -0.15) is 0 Å². The predicted molar refractivity (Wildman–Crippen MR) is 75.3 cm³/mol. The third kappa shape index (κ3) is 4.72. The fraction of sp³-hybridized carbons (Fsp3) is 0.600. The molecule has 0 spiro atoms. The number of hydrogen-bond acceptors (Lipinski definition) is 3. The lowest BCUT2D eigenvalue weighted by Crippen LogP contribution is -2.42. The molecule has 0 aliphatic heterocycles. The Morgan fingerprint density at radius 1 is 1.15 bits per heavy atom. The van der Waals surface area contributed by atoms with E-state index in [-0.39, 0.29) is 24.4 Å². The van der Waals surface area contributed by atoms with Crippen LogP contribution in [0.3, 0.4) is 0 Å². The largest absolute Gasteiger partial charge is 0.472 e. The summed E-state index contributed by atoms with van der Waals surface area (Å²) in [5.41, 5.74) is 0.434. The maximum Gasteiger partial charge on any atom is 0.254 e. The van der Waals surface area contributed by atoms with Gasteiger partial charge in [0, 0.05) is 6.04 Å². The maximum absolute atomic E-state index is 11.8. The third-order valence-electron chi connectivity index (χ3n) is 3.66. The second kappa shape index (κ2) is 7.72. The topological polar surface area (TPSA) is 71.3 Å². The molecule has 0 saturated heterocycles. The van der Waals surface area contributed by atoms with Gasteiger partial charge in [-0.3, -0.25) is 9.59 Å². The molecule has 2 rings (SSSR count). The minimum atomic E-state index is -0.286. The Balaban J connectivity index is 1.70. The minimum Gasteiger partial charge on any atom is -0.472 e. The van der Waals surface area contributed by atoms with Gasteiger partial charge in [0.05, 0.1) is 18.4 Å². The van der Waals surface area contributed by atoms with Gasteiger partial charge in [0.25, 0.3) is 5.91 Å². The van der Waals surface area contributed by atoms with Crippen LogP contribution in [0.2, 0.25) is 0 Å². The zero-order valence-electron chi connectivity index (χ0n) is 11.7. The third-order valence-corrected chi connectivity index (χ3v) is 3.66. The summed E-state index contributed by atoms with van der Waals surface area (Å²) in [5.74, 6) is -0.404. The molecule has 0 radical (unpaired) electrons. The van der Waals surface area contributed by atoms with Crippen molar-refractivity contribution >= 4 is 11.8 Å². The molecule has 0 aromatic carbocycles. The van der Waals surface area contributed by atoms with Crippen molar-refractivity contribution in [2.24, 2.45) is 0 Å². The van der Waals surface area contributed by atoms with E-state index in [1.165, 1.54) is 44.6 Å². The van der Waals surface area contributed by atoms with Gasteiger partial charge in [0.1, 0.15) is 6.26 Å². The molecule has 1 aromatic heterocycles. The first-order valence-corrected chi connectivity index (χ1v) is 7.35. The Morgan fingerprint density at radius 3 is 2.50 bits per heavy atom. The van der Waals surface area contributed by atoms with Crippen LogP contribution < -0.4 is 10.6 Å². The fourth-order valence-electron chi connectivity index (χ4n) is 2.54. The summed E-state index contributed by atoms with van der Waals surface area (Å²) in [6.45, 7) is 0.0144. The van der Waals surface area contributed by atoms with Gasteiger partial charge in [-0.05, 0) is 18.9 Å². The Morgan fingerprint density at radius 2 is 1.85 bits per heavy atom. The van der Waals surface area contributed by atoms with E-state index in [2.05, 4.69) is 10.6 Å². The van der Waals surface area contributed by atoms with Crippen LogP contribution in [0.15, 0.2) is 23.0 Å². The van der Waals surface area contributed by atoms with Gasteiger partial charge in [0.2, 0.25) is 5.91 Å². The van der Waals surface area contributed by atoms with E-state index < -0.39 is 0 Å². The highest BCUT2D eigenvalue weighted by Gasteiger charge is 2.15. The molecule has 1 saturated carbocycles. The van der Waals surface area contributed by atoms with Gasteiger partial charge < -0.3 is 15.1 Å². The van der Waals surface area contributed by atoms with E-state index in [1.54, 1.807) is 6.07 Å². The van der Waals surface area contributed by atoms with Crippen molar-refractivity contribution in [2.75, 3.05) is 6.54 Å². The first-order valence-electron chi connectivity index (χ1n) is 7.35. The molecule has 5 heteroatoms. The Labute approximate surface area is 119 Å². The van der Waals surface area contributed by atoms with Crippen molar-refractivity contribution in [1.29, 1.82) is 0 Å². The van der Waals surface area contributed by atoms with Crippen molar-refractivity contribution in [3.8, 4) is 0 Å². The SMILES string of the molecule is O=C(CNC(=O)c1ccoc1)NC1CCCCCCC1. The first kappa shape index (κ1) is 14.6. The van der Waals surface area contributed by atoms with Gasteiger partial charge in [-0.25, -0.2) is 0 Å². The van der Waals surface area contributed by atoms with Gasteiger partial charge in [-0.1, -0.05) is 32.1 Å². The highest BCUT2D eigenvalue weighted by molar-refractivity contribution is 5.96. The normalized spacial score (nSPS) is 17.0. The number of carbonyl (C=O) groups excluding carboxylic acids is 2. The molecule has 0 atom stereocenters. The number of carbonyl (C=O) groups is 2. The molecule has 2 amide bonds. The fourth-order valence-corrected chi connectivity index (χ4v) is 2.54. The van der Waals surface area contributed by atoms with E-state index in [9.17, 15) is 9.59 Å². The van der Waals surface area contributed by atoms with Crippen molar-refractivity contribution in [2.45, 2.75) is 51.0 Å². The second-order valence-electron chi connectivity index (χ2n) is 5.30. The number of rotatable bonds is 4. The van der Waals surface area contributed by atoms with Gasteiger partial charge in [0.15, 0.2) is 0 Å². The number of amides is 2. The highest BCUT2D eigenvalue weighted by atomic mass is 16.3. The van der Waals surface area contributed by atoms with Crippen LogP contribution in [0.1, 0.15) is 55.3 Å². The first-order chi connectivity index (χ1) is 9.75. The smallest absolute Gasteiger partial charge is 0.254 e. The average molecular weight is 278 g/mol. The summed E-state index contributed by atoms with van der Waals surface area (Å²) < 4.78 is 4.83. The summed E-state index contributed by atoms with van der Waals surface area (Å²) in [4.78, 5) is 23.5. The van der Waals surface area contributed by atoms with Crippen molar-refractivity contribution < 1.29 is 14.0 Å². The summed E-state index contributed by atoms with van der Waals surface area (Å²) in [5, 5.41) is 5.60. The Hall–Kier alpha value is -1.78. The molecule has 2 N–H and O–H groups in total. The lowest BCUT2D eigenvalue weighted by atomic mass is 9.97. The van der Waals surface area contributed by atoms with E-state index in [0.29, 0.717) is 5.56 Å². The monoisotopic (exact) mass is 278 g/mol. The average Bonchev–Trinajstić information content (AvgIpc) is 2.93. The molecule has 1 fully saturated rings. The van der Waals surface area contributed by atoms with Crippen LogP contribution in [-0.2, 0) is 4.79 Å². The van der Waals surface area contributed by atoms with E-state index in [0.717, 1.165) is 12.8 Å². The second-order valence-corrected chi connectivity index (χ2v) is 5.30. The van der Waals surface area contributed by atoms with E-state index in [1.807, 2.05) is 0 Å². The van der Waals surface area contributed by atoms with Gasteiger partial charge >= 0.3 is 0 Å². The van der Waals surface area contributed by atoms with Crippen molar-refractivity contribution in [3.05, 3.63) is 24.2 Å². The molecule has 5 nitrogen and oxygen atoms in total. The molecule has 1 aliphatic carbocycles. The van der Waals surface area contributed by atoms with Crippen molar-refractivity contribution in [1.82, 2.24) is 10.6 Å². The summed E-state index contributed by atoms with van der Waals surface area (Å²) in [7, 11) is 0. The molecule has 0 bridgehead atoms. The molecule has 0 unspecified atom stereocenters. The summed E-state index contributed by atoms with van der Waals surface area (Å²) in [6.07, 6.45) is 11.0. The molecule has 1 heterocycles. The highest BCUT2D eigenvalue weighted by Crippen LogP contribution is 2.16. The Bertz CT molecular complexity index is 420. The summed E-state index contributed by atoms with van der Waals surface area (Å²) in [6, 6.07) is 1.83. The quantitative estimate of drug-likeness (QED) is 0.887. The lowest BCUT2D eigenvalue weighted by molar-refractivity contribution is -0.120. The molecule has 110 valence electrons. The lowest BCUT2D eigenvalue weighted by Gasteiger charge is -2.21.